The van der Waals surface area contributed by atoms with E-state index in [0.717, 1.165) is 4.47 Å². The summed E-state index contributed by atoms with van der Waals surface area (Å²) in [5.74, 6) is 0.250. The number of para-hydroxylation sites is 1. The first-order chi connectivity index (χ1) is 12.9. The molecule has 2 aromatic carbocycles. The molecule has 1 heterocycles. The highest BCUT2D eigenvalue weighted by atomic mass is 79.9. The molecule has 9 heteroatoms. The second-order valence-electron chi connectivity index (χ2n) is 5.96. The number of carbonyl (C=O) groups is 1. The van der Waals surface area contributed by atoms with Crippen LogP contribution in [0.2, 0.25) is 5.02 Å². The number of rotatable bonds is 5. The molecule has 2 aromatic rings. The van der Waals surface area contributed by atoms with Gasteiger partial charge in [-0.05, 0) is 36.4 Å². The minimum Gasteiger partial charge on any atom is -0.482 e. The number of amides is 1. The van der Waals surface area contributed by atoms with Crippen LogP contribution in [0.1, 0.15) is 0 Å². The summed E-state index contributed by atoms with van der Waals surface area (Å²) >= 11 is 9.30. The van der Waals surface area contributed by atoms with Crippen LogP contribution in [0.25, 0.3) is 0 Å². The second-order valence-corrected chi connectivity index (χ2v) is 9.22. The number of hydrogen-bond donors (Lipinski definition) is 0. The first-order valence-corrected chi connectivity index (χ1v) is 10.9. The van der Waals surface area contributed by atoms with E-state index in [2.05, 4.69) is 15.9 Å². The molecule has 0 N–H and O–H groups in total. The van der Waals surface area contributed by atoms with E-state index >= 15 is 0 Å². The lowest BCUT2D eigenvalue weighted by Crippen LogP contribution is -2.51. The lowest BCUT2D eigenvalue weighted by atomic mass is 10.3. The van der Waals surface area contributed by atoms with Crippen LogP contribution in [0.15, 0.2) is 57.9 Å². The molecule has 0 aliphatic carbocycles. The van der Waals surface area contributed by atoms with Gasteiger partial charge in [0.25, 0.3) is 5.91 Å². The van der Waals surface area contributed by atoms with E-state index in [-0.39, 0.29) is 30.5 Å². The number of nitrogens with zero attached hydrogens (tertiary/aromatic N) is 2. The average Bonchev–Trinajstić information content (AvgIpc) is 2.67. The van der Waals surface area contributed by atoms with Crippen LogP contribution in [0.4, 0.5) is 0 Å². The number of benzene rings is 2. The molecule has 0 spiro atoms. The Morgan fingerprint density at radius 1 is 1.04 bits per heavy atom. The molecule has 1 aliphatic heterocycles. The highest BCUT2D eigenvalue weighted by molar-refractivity contribution is 9.10. The fraction of sp³-hybridized carbons (Fsp3) is 0.278. The zero-order chi connectivity index (χ0) is 19.4. The van der Waals surface area contributed by atoms with Crippen LogP contribution in [0.5, 0.6) is 5.75 Å². The first-order valence-electron chi connectivity index (χ1n) is 8.29. The Labute approximate surface area is 171 Å². The molecule has 3 rings (SSSR count). The predicted octanol–water partition coefficient (Wildman–Crippen LogP) is 3.01. The van der Waals surface area contributed by atoms with Gasteiger partial charge >= 0.3 is 0 Å². The van der Waals surface area contributed by atoms with Crippen molar-refractivity contribution in [3.8, 4) is 5.75 Å². The molecule has 0 bridgehead atoms. The maximum absolute atomic E-state index is 12.7. The smallest absolute Gasteiger partial charge is 0.260 e. The summed E-state index contributed by atoms with van der Waals surface area (Å²) < 4.78 is 33.1. The van der Waals surface area contributed by atoms with Crippen molar-refractivity contribution < 1.29 is 17.9 Å². The Morgan fingerprint density at radius 2 is 1.67 bits per heavy atom. The van der Waals surface area contributed by atoms with Gasteiger partial charge in [0.2, 0.25) is 10.0 Å². The molecule has 6 nitrogen and oxygen atoms in total. The fourth-order valence-electron chi connectivity index (χ4n) is 2.73. The Morgan fingerprint density at radius 3 is 2.30 bits per heavy atom. The summed E-state index contributed by atoms with van der Waals surface area (Å²) in [7, 11) is -3.56. The molecule has 0 atom stereocenters. The van der Waals surface area contributed by atoms with Crippen LogP contribution in [-0.4, -0.2) is 56.3 Å². The van der Waals surface area contributed by atoms with E-state index in [9.17, 15) is 13.2 Å². The Hall–Kier alpha value is -1.61. The van der Waals surface area contributed by atoms with Crippen LogP contribution >= 0.6 is 27.5 Å². The van der Waals surface area contributed by atoms with Crippen molar-refractivity contribution in [3.63, 3.8) is 0 Å². The third kappa shape index (κ3) is 4.82. The van der Waals surface area contributed by atoms with Crippen molar-refractivity contribution in [3.05, 3.63) is 58.0 Å². The maximum atomic E-state index is 12.7. The largest absolute Gasteiger partial charge is 0.482 e. The summed E-state index contributed by atoms with van der Waals surface area (Å²) in [5.41, 5.74) is 0. The van der Waals surface area contributed by atoms with E-state index in [0.29, 0.717) is 23.9 Å². The quantitative estimate of drug-likeness (QED) is 0.669. The van der Waals surface area contributed by atoms with Gasteiger partial charge in [-0.25, -0.2) is 8.42 Å². The van der Waals surface area contributed by atoms with Gasteiger partial charge in [-0.2, -0.15) is 4.31 Å². The van der Waals surface area contributed by atoms with Crippen molar-refractivity contribution in [1.29, 1.82) is 0 Å². The van der Waals surface area contributed by atoms with Crippen molar-refractivity contribution in [2.24, 2.45) is 0 Å². The van der Waals surface area contributed by atoms with Crippen LogP contribution in [0.3, 0.4) is 0 Å². The molecule has 1 amide bonds. The van der Waals surface area contributed by atoms with Crippen molar-refractivity contribution in [2.75, 3.05) is 32.8 Å². The standard InChI is InChI=1S/C18H18BrClN2O4S/c19-14-5-7-15(8-6-14)27(24,25)22-11-9-21(10-12-22)18(23)13-26-17-4-2-1-3-16(17)20/h1-8H,9-13H2. The van der Waals surface area contributed by atoms with Crippen LogP contribution in [-0.2, 0) is 14.8 Å². The minimum atomic E-state index is -3.56. The van der Waals surface area contributed by atoms with Crippen molar-refractivity contribution in [1.82, 2.24) is 9.21 Å². The zero-order valence-electron chi connectivity index (χ0n) is 14.3. The highest BCUT2D eigenvalue weighted by Gasteiger charge is 2.30. The van der Waals surface area contributed by atoms with E-state index in [1.807, 2.05) is 0 Å². The zero-order valence-corrected chi connectivity index (χ0v) is 17.5. The molecule has 1 saturated heterocycles. The lowest BCUT2D eigenvalue weighted by Gasteiger charge is -2.34. The molecule has 1 aliphatic rings. The fourth-order valence-corrected chi connectivity index (χ4v) is 4.60. The summed E-state index contributed by atoms with van der Waals surface area (Å²) in [6.45, 7) is 0.997. The molecule has 1 fully saturated rings. The van der Waals surface area contributed by atoms with Gasteiger partial charge in [-0.3, -0.25) is 4.79 Å². The third-order valence-corrected chi connectivity index (χ3v) is 6.98. The third-order valence-electron chi connectivity index (χ3n) is 4.23. The van der Waals surface area contributed by atoms with Gasteiger partial charge in [0, 0.05) is 30.7 Å². The van der Waals surface area contributed by atoms with Crippen LogP contribution in [0, 0.1) is 0 Å². The van der Waals surface area contributed by atoms with E-state index in [1.165, 1.54) is 4.31 Å². The Bertz CT molecular complexity index is 913. The number of sulfonamides is 1. The number of hydrogen-bond acceptors (Lipinski definition) is 4. The van der Waals surface area contributed by atoms with E-state index in [4.69, 9.17) is 16.3 Å². The molecular weight excluding hydrogens is 456 g/mol. The Balaban J connectivity index is 1.56. The highest BCUT2D eigenvalue weighted by Crippen LogP contribution is 2.23. The summed E-state index contributed by atoms with van der Waals surface area (Å²) in [6.07, 6.45) is 0. The van der Waals surface area contributed by atoms with Gasteiger partial charge in [0.05, 0.1) is 9.92 Å². The summed E-state index contributed by atoms with van der Waals surface area (Å²) in [4.78, 5) is 14.2. The van der Waals surface area contributed by atoms with Gasteiger partial charge < -0.3 is 9.64 Å². The first kappa shape index (κ1) is 20.1. The number of ether oxygens (including phenoxy) is 1. The van der Waals surface area contributed by atoms with E-state index < -0.39 is 10.0 Å². The molecule has 27 heavy (non-hydrogen) atoms. The molecule has 0 saturated carbocycles. The summed E-state index contributed by atoms with van der Waals surface area (Å²) in [5, 5.41) is 0.440. The maximum Gasteiger partial charge on any atom is 0.260 e. The number of piperazine rings is 1. The molecule has 0 aromatic heterocycles. The normalized spacial score (nSPS) is 15.6. The second kappa shape index (κ2) is 8.60. The van der Waals surface area contributed by atoms with Crippen LogP contribution < -0.4 is 4.74 Å². The predicted molar refractivity (Wildman–Crippen MR) is 106 cm³/mol. The van der Waals surface area contributed by atoms with Gasteiger partial charge in [-0.1, -0.05) is 39.7 Å². The summed E-state index contributed by atoms with van der Waals surface area (Å²) in [6, 6.07) is 13.4. The minimum absolute atomic E-state index is 0.136. The SMILES string of the molecule is O=C(COc1ccccc1Cl)N1CCN(S(=O)(=O)c2ccc(Br)cc2)CC1. The lowest BCUT2D eigenvalue weighted by molar-refractivity contribution is -0.134. The van der Waals surface area contributed by atoms with Gasteiger partial charge in [-0.15, -0.1) is 0 Å². The average molecular weight is 474 g/mol. The van der Waals surface area contributed by atoms with E-state index in [1.54, 1.807) is 53.4 Å². The molecule has 144 valence electrons. The number of halogens is 2. The topological polar surface area (TPSA) is 66.9 Å². The molecular formula is C18H18BrClN2O4S. The van der Waals surface area contributed by atoms with Crippen molar-refractivity contribution >= 4 is 43.5 Å². The van der Waals surface area contributed by atoms with Gasteiger partial charge in [0.15, 0.2) is 6.61 Å². The van der Waals surface area contributed by atoms with Crippen molar-refractivity contribution in [2.45, 2.75) is 4.90 Å². The monoisotopic (exact) mass is 472 g/mol. The molecule has 0 unspecified atom stereocenters. The number of carbonyl (C=O) groups excluding carboxylic acids is 1. The Kier molecular flexibility index (Phi) is 6.41. The molecule has 0 radical (unpaired) electrons. The van der Waals surface area contributed by atoms with Gasteiger partial charge in [0.1, 0.15) is 5.75 Å².